The summed E-state index contributed by atoms with van der Waals surface area (Å²) in [5.74, 6) is 0. The van der Waals surface area contributed by atoms with Gasteiger partial charge in [0.1, 0.15) is 42.7 Å². The van der Waals surface area contributed by atoms with Crippen molar-refractivity contribution < 1.29 is 74.1 Å². The van der Waals surface area contributed by atoms with Crippen LogP contribution in [0.2, 0.25) is 25.1 Å². The molecular formula is C35H39Cl5F12IN13O7. The molecule has 20 nitrogen and oxygen atoms in total. The lowest BCUT2D eigenvalue weighted by atomic mass is 10.3. The molecule has 38 heteroatoms. The molecule has 5 aromatic heterocycles. The van der Waals surface area contributed by atoms with Crippen molar-refractivity contribution in [2.24, 2.45) is 5.73 Å². The topological polar surface area (TPSA) is 316 Å². The summed E-state index contributed by atoms with van der Waals surface area (Å²) < 4.78 is 147. The van der Waals surface area contributed by atoms with Crippen LogP contribution < -0.4 is 27.8 Å². The maximum absolute atomic E-state index is 12.2. The summed E-state index contributed by atoms with van der Waals surface area (Å²) in [5.41, 5.74) is 7.76. The number of halogens is 18. The lowest BCUT2D eigenvalue weighted by Gasteiger charge is -2.12. The van der Waals surface area contributed by atoms with Crippen LogP contribution in [0.5, 0.6) is 0 Å². The van der Waals surface area contributed by atoms with Crippen LogP contribution in [-0.2, 0) is 6.54 Å². The zero-order valence-corrected chi connectivity index (χ0v) is 42.8. The third-order valence-electron chi connectivity index (χ3n) is 6.15. The highest BCUT2D eigenvalue weighted by atomic mass is 127. The minimum Gasteiger partial charge on any atom is -0.400 e. The van der Waals surface area contributed by atoms with Gasteiger partial charge in [-0.05, 0) is 11.8 Å². The molecule has 0 atom stereocenters. The molecule has 0 aromatic carbocycles. The first-order chi connectivity index (χ1) is 34.0. The maximum Gasteiger partial charge on any atom is 0.406 e. The number of anilines is 3. The van der Waals surface area contributed by atoms with Crippen molar-refractivity contribution in [3.05, 3.63) is 105 Å². The molecule has 0 radical (unpaired) electrons. The number of nitrogens with two attached hydrogens (primary N) is 2. The summed E-state index contributed by atoms with van der Waals surface area (Å²) >= 11 is 29.7. The molecule has 0 aliphatic carbocycles. The third-order valence-corrected chi connectivity index (χ3v) is 7.78. The highest BCUT2D eigenvalue weighted by molar-refractivity contribution is 14.1. The van der Waals surface area contributed by atoms with E-state index in [9.17, 15) is 77.7 Å². The maximum atomic E-state index is 12.2. The number of aromatic nitrogens is 6. The van der Waals surface area contributed by atoms with Gasteiger partial charge in [-0.15, -0.1) is 0 Å². The smallest absolute Gasteiger partial charge is 0.400 e. The standard InChI is InChI=1S/C8H5ClF3N3O.C7H5ClF3N3O2.C7H7ClF3N3.C5H2Cl2N2O2.C2H4F3N.C2H3N.C2H6O.CH3I.CH4O/c9-4-1-13-2-5-6(4)15(7(16)14-5)3-8(10,11)12;8-4-1-12-2-5(14(15)16)6(4)13-3-7(9,10)11;8-4-1-13-2-5(12)6(4)14-3-7(9,10)11;6-3-1-8-2-4(5(3)7)9(10)11;3-2(4,5)1-6;2*1-2-3;2*1-2/h1-2H,3H2,(H,14,16);1-2H,3H2,(H,12,13);1-2H,3,12H2,(H,13,14);1-2H;1,6H2;1H3;3H,2H2,1H3;1H3;2H,1H3/i;;;;;;;1D;. The number of nitriles is 1. The molecule has 9 N–H and O–H groups in total. The number of aliphatic hydroxyl groups is 2. The average molecular weight is 1290 g/mol. The van der Waals surface area contributed by atoms with E-state index in [0.29, 0.717) is 9.47 Å². The Balaban J connectivity index is -0.000000402. The molecule has 5 aromatic rings. The first kappa shape index (κ1) is 72.0. The van der Waals surface area contributed by atoms with Gasteiger partial charge in [-0.1, -0.05) is 80.6 Å². The number of fused-ring (bicyclic) bond motifs is 1. The van der Waals surface area contributed by atoms with Crippen LogP contribution >= 0.6 is 80.6 Å². The molecule has 5 rings (SSSR count). The Morgan fingerprint density at radius 3 is 1.48 bits per heavy atom. The summed E-state index contributed by atoms with van der Waals surface area (Å²) in [7, 11) is 1.00. The second kappa shape index (κ2) is 37.5. The molecule has 0 aliphatic rings. The SMILES string of the molecule is CC#N.CCO.CO.NCC(F)(F)F.Nc1cncc(Cl)c1NCC(F)(F)F.O=[N+]([O-])c1cncc(Cl)c1Cl.O=[N+]([O-])c1cncc(Cl)c1NCC(F)(F)F.O=c1[nH]c2cncc(Cl)c2n1CC(F)(F)F.[2H]CI. The number of nitrogen functional groups attached to an aromatic ring is 1. The Hall–Kier alpha value is -5.22. The predicted octanol–water partition coefficient (Wildman–Crippen LogP) is 10.8. The highest BCUT2D eigenvalue weighted by Gasteiger charge is 2.31. The van der Waals surface area contributed by atoms with Crippen LogP contribution in [0.3, 0.4) is 0 Å². The molecular weight excluding hydrogens is 1250 g/mol. The Labute approximate surface area is 443 Å². The molecule has 412 valence electrons. The number of imidazole rings is 1. The van der Waals surface area contributed by atoms with Crippen molar-refractivity contribution in [3.8, 4) is 6.07 Å². The molecule has 0 saturated heterocycles. The quantitative estimate of drug-likeness (QED) is 0.0262. The van der Waals surface area contributed by atoms with Crippen molar-refractivity contribution in [3.63, 3.8) is 0 Å². The van der Waals surface area contributed by atoms with Gasteiger partial charge in [-0.3, -0.25) is 44.7 Å². The number of pyridine rings is 4. The molecule has 0 unspecified atom stereocenters. The molecule has 73 heavy (non-hydrogen) atoms. The minimum atomic E-state index is -4.49. The number of H-pyrrole nitrogens is 1. The van der Waals surface area contributed by atoms with E-state index in [-0.39, 0.29) is 65.5 Å². The number of aromatic amines is 1. The van der Waals surface area contributed by atoms with Crippen molar-refractivity contribution in [2.75, 3.05) is 54.6 Å². The summed E-state index contributed by atoms with van der Waals surface area (Å²) in [4.78, 5) is 47.4. The number of hydrogen-bond donors (Lipinski definition) is 7. The van der Waals surface area contributed by atoms with E-state index >= 15 is 0 Å². The van der Waals surface area contributed by atoms with Crippen LogP contribution in [0.25, 0.3) is 11.0 Å². The van der Waals surface area contributed by atoms with Crippen LogP contribution in [0, 0.1) is 31.6 Å². The van der Waals surface area contributed by atoms with Crippen LogP contribution in [0.4, 0.5) is 81.1 Å². The minimum absolute atomic E-state index is 0.0000926. The average Bonchev–Trinajstić information content (AvgIpc) is 3.59. The Morgan fingerprint density at radius 2 is 1.11 bits per heavy atom. The monoisotopic (exact) mass is 1280 g/mol. The molecule has 0 fully saturated rings. The summed E-state index contributed by atoms with van der Waals surface area (Å²) in [5, 5.41) is 46.4. The summed E-state index contributed by atoms with van der Waals surface area (Å²) in [6, 6.07) is 1.75. The van der Waals surface area contributed by atoms with Gasteiger partial charge >= 0.3 is 41.8 Å². The zero-order valence-electron chi connectivity index (χ0n) is 37.8. The van der Waals surface area contributed by atoms with Gasteiger partial charge in [0.15, 0.2) is 0 Å². The lowest BCUT2D eigenvalue weighted by Crippen LogP contribution is -2.26. The fraction of sp³-hybridized carbons (Fsp3) is 0.371. The Kier molecular flexibility index (Phi) is 37.0. The van der Waals surface area contributed by atoms with Crippen LogP contribution in [-0.4, -0.2) is 113 Å². The molecule has 5 heterocycles. The van der Waals surface area contributed by atoms with Crippen molar-refractivity contribution in [1.82, 2.24) is 29.5 Å². The van der Waals surface area contributed by atoms with Crippen molar-refractivity contribution >= 4 is 120 Å². The van der Waals surface area contributed by atoms with E-state index in [1.807, 2.05) is 27.9 Å². The van der Waals surface area contributed by atoms with E-state index < -0.39 is 72.1 Å². The normalized spacial score (nSPS) is 10.5. The fourth-order valence-electron chi connectivity index (χ4n) is 3.70. The Morgan fingerprint density at radius 1 is 0.753 bits per heavy atom. The van der Waals surface area contributed by atoms with E-state index in [0.717, 1.165) is 25.7 Å². The van der Waals surface area contributed by atoms with Crippen LogP contribution in [0.1, 0.15) is 15.2 Å². The number of nitrogens with one attached hydrogen (secondary N) is 3. The van der Waals surface area contributed by atoms with Gasteiger partial charge in [0.2, 0.25) is 0 Å². The Bertz CT molecular complexity index is 2510. The number of nitrogens with zero attached hydrogens (tertiary/aromatic N) is 8. The van der Waals surface area contributed by atoms with Gasteiger partial charge in [0.25, 0.3) is 0 Å². The van der Waals surface area contributed by atoms with E-state index in [4.69, 9.17) is 80.6 Å². The van der Waals surface area contributed by atoms with Crippen molar-refractivity contribution in [1.29, 1.82) is 5.26 Å². The molecule has 0 bridgehead atoms. The van der Waals surface area contributed by atoms with E-state index in [2.05, 4.69) is 36.0 Å². The van der Waals surface area contributed by atoms with Gasteiger partial charge in [-0.25, -0.2) is 4.79 Å². The zero-order chi connectivity index (χ0) is 58.8. The first-order valence-corrected chi connectivity index (χ1v) is 21.4. The van der Waals surface area contributed by atoms with Gasteiger partial charge in [-0.2, -0.15) is 57.9 Å². The molecule has 0 spiro atoms. The van der Waals surface area contributed by atoms with E-state index in [1.165, 1.54) is 37.9 Å². The summed E-state index contributed by atoms with van der Waals surface area (Å²) in [6.07, 6.45) is -8.44. The number of alkyl halides is 13. The number of hydrogen-bond acceptors (Lipinski definition) is 16. The number of aliphatic hydroxyl groups excluding tert-OH is 2. The molecule has 0 saturated carbocycles. The number of rotatable bonds is 7. The van der Waals surface area contributed by atoms with Crippen molar-refractivity contribution in [2.45, 2.75) is 45.1 Å². The molecule has 0 aliphatic heterocycles. The second-order valence-electron chi connectivity index (χ2n) is 11.5. The predicted molar refractivity (Wildman–Crippen MR) is 258 cm³/mol. The van der Waals surface area contributed by atoms with E-state index in [1.54, 1.807) is 13.0 Å². The van der Waals surface area contributed by atoms with Gasteiger partial charge < -0.3 is 37.3 Å². The third kappa shape index (κ3) is 34.0. The van der Waals surface area contributed by atoms with Gasteiger partial charge in [0, 0.05) is 46.8 Å². The largest absolute Gasteiger partial charge is 0.406 e. The highest BCUT2D eigenvalue weighted by Crippen LogP contribution is 2.32. The fourth-order valence-corrected chi connectivity index (χ4v) is 4.73. The first-order valence-electron chi connectivity index (χ1n) is 18.7. The van der Waals surface area contributed by atoms with Gasteiger partial charge in [0.05, 0.1) is 77.4 Å². The lowest BCUT2D eigenvalue weighted by molar-refractivity contribution is -0.385. The molecule has 0 amide bonds. The van der Waals surface area contributed by atoms with Crippen LogP contribution in [0.15, 0.2) is 54.4 Å². The summed E-state index contributed by atoms with van der Waals surface area (Å²) in [6.45, 7) is -1.83. The second-order valence-corrected chi connectivity index (χ2v) is 13.5. The number of nitro groups is 2.